The van der Waals surface area contributed by atoms with E-state index in [4.69, 9.17) is 4.74 Å². The predicted molar refractivity (Wildman–Crippen MR) is 120 cm³/mol. The fourth-order valence-electron chi connectivity index (χ4n) is 2.82. The van der Waals surface area contributed by atoms with Crippen molar-refractivity contribution in [3.8, 4) is 0 Å². The number of aryl methyl sites for hydroxylation is 1. The molecule has 2 rings (SSSR count). The molecule has 0 atom stereocenters. The van der Waals surface area contributed by atoms with Crippen LogP contribution in [0.2, 0.25) is 0 Å². The molecule has 2 heterocycles. The summed E-state index contributed by atoms with van der Waals surface area (Å²) in [6.45, 7) is 14.9. The molecular weight excluding hydrogens is 473 g/mol. The van der Waals surface area contributed by atoms with Crippen LogP contribution < -0.4 is 5.32 Å². The van der Waals surface area contributed by atoms with Gasteiger partial charge in [-0.25, -0.2) is 9.79 Å². The summed E-state index contributed by atoms with van der Waals surface area (Å²) >= 11 is 0. The van der Waals surface area contributed by atoms with E-state index in [9.17, 15) is 4.79 Å². The number of carbonyl (C=O) groups is 1. The average Bonchev–Trinajstić information content (AvgIpc) is 3.12. The Morgan fingerprint density at radius 2 is 1.96 bits per heavy atom. The van der Waals surface area contributed by atoms with Crippen LogP contribution in [-0.2, 0) is 17.7 Å². The van der Waals surface area contributed by atoms with Gasteiger partial charge in [-0.05, 0) is 13.8 Å². The van der Waals surface area contributed by atoms with Crippen molar-refractivity contribution < 1.29 is 9.53 Å². The van der Waals surface area contributed by atoms with Gasteiger partial charge < -0.3 is 24.4 Å². The zero-order valence-electron chi connectivity index (χ0n) is 17.1. The van der Waals surface area contributed by atoms with Crippen LogP contribution in [-0.4, -0.2) is 82.5 Å². The molecule has 0 radical (unpaired) electrons. The fourth-order valence-corrected chi connectivity index (χ4v) is 2.82. The molecule has 0 aliphatic carbocycles. The molecule has 0 aromatic carbocycles. The van der Waals surface area contributed by atoms with Gasteiger partial charge >= 0.3 is 6.09 Å². The maximum Gasteiger partial charge on any atom is 0.409 e. The molecule has 9 nitrogen and oxygen atoms in total. The minimum atomic E-state index is -0.245. The summed E-state index contributed by atoms with van der Waals surface area (Å²) in [4.78, 5) is 20.4. The van der Waals surface area contributed by atoms with E-state index in [2.05, 4.69) is 38.9 Å². The monoisotopic (exact) mass is 505 g/mol. The van der Waals surface area contributed by atoms with E-state index in [1.54, 1.807) is 11.2 Å². The fraction of sp³-hybridized carbons (Fsp3) is 0.667. The summed E-state index contributed by atoms with van der Waals surface area (Å²) in [5, 5.41) is 11.5. The number of piperazine rings is 1. The Morgan fingerprint density at radius 1 is 1.29 bits per heavy atom. The van der Waals surface area contributed by atoms with Gasteiger partial charge in [0.15, 0.2) is 5.96 Å². The second kappa shape index (κ2) is 12.6. The number of nitrogens with zero attached hydrogens (tertiary/aromatic N) is 6. The molecule has 10 heteroatoms. The Morgan fingerprint density at radius 3 is 2.57 bits per heavy atom. The van der Waals surface area contributed by atoms with E-state index in [-0.39, 0.29) is 30.1 Å². The lowest BCUT2D eigenvalue weighted by Crippen LogP contribution is -2.54. The summed E-state index contributed by atoms with van der Waals surface area (Å²) in [5.41, 5.74) is 1.01. The van der Waals surface area contributed by atoms with Gasteiger partial charge in [0.2, 0.25) is 0 Å². The molecule has 158 valence electrons. The van der Waals surface area contributed by atoms with E-state index in [1.165, 1.54) is 0 Å². The molecule has 0 unspecified atom stereocenters. The van der Waals surface area contributed by atoms with Crippen LogP contribution in [0.25, 0.3) is 0 Å². The van der Waals surface area contributed by atoms with Crippen molar-refractivity contribution in [2.45, 2.75) is 33.7 Å². The minimum absolute atomic E-state index is 0. The molecule has 1 aromatic rings. The quantitative estimate of drug-likeness (QED) is 0.263. The lowest BCUT2D eigenvalue weighted by atomic mass is 10.3. The number of carbonyl (C=O) groups excluding carboxylic acids is 1. The van der Waals surface area contributed by atoms with Gasteiger partial charge in [-0.3, -0.25) is 0 Å². The van der Waals surface area contributed by atoms with Crippen LogP contribution in [0.5, 0.6) is 0 Å². The first kappa shape index (κ1) is 24.2. The summed E-state index contributed by atoms with van der Waals surface area (Å²) in [7, 11) is 0. The van der Waals surface area contributed by atoms with Crippen LogP contribution >= 0.6 is 24.0 Å². The highest BCUT2D eigenvalue weighted by Gasteiger charge is 2.23. The zero-order valence-corrected chi connectivity index (χ0v) is 19.4. The molecule has 1 saturated heterocycles. The number of aromatic nitrogens is 3. The third-order valence-electron chi connectivity index (χ3n) is 4.25. The van der Waals surface area contributed by atoms with E-state index in [0.29, 0.717) is 39.3 Å². The molecule has 0 bridgehead atoms. The van der Waals surface area contributed by atoms with Crippen LogP contribution in [0.3, 0.4) is 0 Å². The summed E-state index contributed by atoms with van der Waals surface area (Å²) in [6, 6.07) is 0. The molecule has 0 saturated carbocycles. The van der Waals surface area contributed by atoms with Crippen LogP contribution in [0.4, 0.5) is 4.79 Å². The summed E-state index contributed by atoms with van der Waals surface area (Å²) in [6.07, 6.45) is 2.36. The van der Waals surface area contributed by atoms with Crippen molar-refractivity contribution in [2.24, 2.45) is 4.99 Å². The van der Waals surface area contributed by atoms with Gasteiger partial charge in [-0.15, -0.1) is 34.2 Å². The highest BCUT2D eigenvalue weighted by Crippen LogP contribution is 2.05. The highest BCUT2D eigenvalue weighted by atomic mass is 127. The minimum Gasteiger partial charge on any atom is -0.450 e. The van der Waals surface area contributed by atoms with Crippen molar-refractivity contribution in [1.29, 1.82) is 0 Å². The normalized spacial score (nSPS) is 14.5. The number of hydrogen-bond donors (Lipinski definition) is 1. The van der Waals surface area contributed by atoms with Crippen LogP contribution in [0.15, 0.2) is 23.5 Å². The molecule has 28 heavy (non-hydrogen) atoms. The first-order valence-corrected chi connectivity index (χ1v) is 9.51. The summed E-state index contributed by atoms with van der Waals surface area (Å²) < 4.78 is 7.12. The second-order valence-electron chi connectivity index (χ2n) is 6.49. The maximum absolute atomic E-state index is 11.9. The first-order valence-electron chi connectivity index (χ1n) is 9.51. The molecule has 1 aliphatic heterocycles. The number of aliphatic imine (C=N–C) groups is 1. The molecule has 0 spiro atoms. The van der Waals surface area contributed by atoms with Crippen molar-refractivity contribution in [3.63, 3.8) is 0 Å². The Bertz CT molecular complexity index is 654. The number of halogens is 1. The Labute approximate surface area is 184 Å². The lowest BCUT2D eigenvalue weighted by molar-refractivity contribution is 0.0914. The molecule has 1 aromatic heterocycles. The SMILES string of the molecule is C=C(C)CN=C(NCCn1cnnc1CC)N1CCN(C(=O)OCC)CC1.I. The van der Waals surface area contributed by atoms with Gasteiger partial charge in [0.1, 0.15) is 12.2 Å². The average molecular weight is 505 g/mol. The smallest absolute Gasteiger partial charge is 0.409 e. The van der Waals surface area contributed by atoms with Gasteiger partial charge in [-0.1, -0.05) is 19.1 Å². The Hall–Kier alpha value is -1.85. The Balaban J connectivity index is 0.00000392. The van der Waals surface area contributed by atoms with E-state index >= 15 is 0 Å². The number of nitrogens with one attached hydrogen (secondary N) is 1. The number of amides is 1. The van der Waals surface area contributed by atoms with Crippen molar-refractivity contribution in [3.05, 3.63) is 24.3 Å². The Kier molecular flexibility index (Phi) is 10.9. The lowest BCUT2D eigenvalue weighted by Gasteiger charge is -2.36. The van der Waals surface area contributed by atoms with E-state index in [1.807, 2.05) is 18.4 Å². The largest absolute Gasteiger partial charge is 0.450 e. The molecule has 1 aliphatic rings. The first-order chi connectivity index (χ1) is 13.0. The number of hydrogen-bond acceptors (Lipinski definition) is 5. The number of rotatable bonds is 7. The summed E-state index contributed by atoms with van der Waals surface area (Å²) in [5.74, 6) is 1.81. The molecule has 1 N–H and O–H groups in total. The third-order valence-corrected chi connectivity index (χ3v) is 4.25. The van der Waals surface area contributed by atoms with Crippen molar-refractivity contribution in [2.75, 3.05) is 45.9 Å². The predicted octanol–water partition coefficient (Wildman–Crippen LogP) is 1.75. The molecule has 1 fully saturated rings. The molecule has 1 amide bonds. The zero-order chi connectivity index (χ0) is 19.6. The second-order valence-corrected chi connectivity index (χ2v) is 6.49. The van der Waals surface area contributed by atoms with Gasteiger partial charge in [-0.2, -0.15) is 0 Å². The topological polar surface area (TPSA) is 87.9 Å². The van der Waals surface area contributed by atoms with E-state index < -0.39 is 0 Å². The maximum atomic E-state index is 11.9. The third kappa shape index (κ3) is 7.28. The highest BCUT2D eigenvalue weighted by molar-refractivity contribution is 14.0. The van der Waals surface area contributed by atoms with Gasteiger partial charge in [0.05, 0.1) is 13.2 Å². The van der Waals surface area contributed by atoms with Crippen LogP contribution in [0.1, 0.15) is 26.6 Å². The number of guanidine groups is 1. The van der Waals surface area contributed by atoms with E-state index in [0.717, 1.165) is 36.9 Å². The van der Waals surface area contributed by atoms with Crippen molar-refractivity contribution >= 4 is 36.0 Å². The standard InChI is InChI=1S/C18H31N7O2.HI/c1-5-16-22-21-14-25(16)8-7-19-17(20-13-15(3)4)23-9-11-24(12-10-23)18(26)27-6-2;/h14H,3,5-13H2,1-2,4H3,(H,19,20);1H. The van der Waals surface area contributed by atoms with Crippen LogP contribution in [0, 0.1) is 0 Å². The van der Waals surface area contributed by atoms with Gasteiger partial charge in [0.25, 0.3) is 0 Å². The number of ether oxygens (including phenoxy) is 1. The molecular formula is C18H32IN7O2. The van der Waals surface area contributed by atoms with Gasteiger partial charge in [0, 0.05) is 45.7 Å². The van der Waals surface area contributed by atoms with Crippen molar-refractivity contribution in [1.82, 2.24) is 29.9 Å².